The maximum absolute atomic E-state index is 13.1. The fourth-order valence-electron chi connectivity index (χ4n) is 3.35. The minimum absolute atomic E-state index is 0.0227. The molecule has 1 aromatic carbocycles. The molecule has 27 heavy (non-hydrogen) atoms. The van der Waals surface area contributed by atoms with Crippen LogP contribution in [0.2, 0.25) is 0 Å². The summed E-state index contributed by atoms with van der Waals surface area (Å²) in [6, 6.07) is 6.31. The molecule has 0 aliphatic carbocycles. The first-order valence-electron chi connectivity index (χ1n) is 8.82. The standard InChI is InChI=1S/C19H24N2O4S2/c1-12(2)20-27(23,24)18-11-14(5-6-16(18)25-4)19(22)21-9-7-17-15(13(21)3)8-10-26-17/h5-6,8,10-13,20H,7,9H2,1-4H3. The largest absolute Gasteiger partial charge is 0.495 e. The van der Waals surface area contributed by atoms with Crippen molar-refractivity contribution >= 4 is 27.3 Å². The molecule has 1 unspecified atom stereocenters. The summed E-state index contributed by atoms with van der Waals surface area (Å²) < 4.78 is 33.1. The molecular formula is C19H24N2O4S2. The summed E-state index contributed by atoms with van der Waals surface area (Å²) in [5.74, 6) is 0.0366. The van der Waals surface area contributed by atoms with Gasteiger partial charge in [0, 0.05) is 23.0 Å². The Bertz CT molecular complexity index is 950. The molecule has 2 aromatic rings. The van der Waals surface area contributed by atoms with Gasteiger partial charge in [0.2, 0.25) is 10.0 Å². The molecule has 1 N–H and O–H groups in total. The zero-order valence-electron chi connectivity index (χ0n) is 15.9. The van der Waals surface area contributed by atoms with Gasteiger partial charge in [-0.1, -0.05) is 0 Å². The second-order valence-electron chi connectivity index (χ2n) is 6.87. The van der Waals surface area contributed by atoms with Gasteiger partial charge in [-0.05, 0) is 62.4 Å². The summed E-state index contributed by atoms with van der Waals surface area (Å²) in [5, 5.41) is 2.05. The van der Waals surface area contributed by atoms with Crippen LogP contribution in [0.5, 0.6) is 5.75 Å². The van der Waals surface area contributed by atoms with Crippen LogP contribution in [0.3, 0.4) is 0 Å². The second kappa shape index (κ2) is 7.61. The lowest BCUT2D eigenvalue weighted by atomic mass is 10.0. The van der Waals surface area contributed by atoms with E-state index in [1.807, 2.05) is 12.3 Å². The van der Waals surface area contributed by atoms with E-state index in [0.717, 1.165) is 6.42 Å². The molecule has 1 aliphatic rings. The minimum atomic E-state index is -3.79. The Hall–Kier alpha value is -1.90. The monoisotopic (exact) mass is 408 g/mol. The molecule has 1 atom stereocenters. The Labute approximate surface area is 164 Å². The third-order valence-electron chi connectivity index (χ3n) is 4.63. The van der Waals surface area contributed by atoms with Crippen molar-refractivity contribution in [1.29, 1.82) is 0 Å². The van der Waals surface area contributed by atoms with Crippen molar-refractivity contribution in [2.45, 2.75) is 44.2 Å². The Morgan fingerprint density at radius 2 is 2.07 bits per heavy atom. The zero-order chi connectivity index (χ0) is 19.8. The number of thiophene rings is 1. The molecule has 1 aromatic heterocycles. The molecule has 8 heteroatoms. The van der Waals surface area contributed by atoms with Gasteiger partial charge in [-0.2, -0.15) is 0 Å². The molecule has 0 radical (unpaired) electrons. The molecule has 0 fully saturated rings. The number of nitrogens with one attached hydrogen (secondary N) is 1. The van der Waals surface area contributed by atoms with E-state index in [1.54, 1.807) is 36.2 Å². The van der Waals surface area contributed by atoms with Gasteiger partial charge >= 0.3 is 0 Å². The van der Waals surface area contributed by atoms with Crippen molar-refractivity contribution in [3.63, 3.8) is 0 Å². The number of benzene rings is 1. The number of hydrogen-bond acceptors (Lipinski definition) is 5. The summed E-state index contributed by atoms with van der Waals surface area (Å²) >= 11 is 1.71. The van der Waals surface area contributed by atoms with E-state index in [0.29, 0.717) is 12.1 Å². The molecule has 1 aliphatic heterocycles. The normalized spacial score (nSPS) is 17.1. The van der Waals surface area contributed by atoms with Crippen molar-refractivity contribution < 1.29 is 17.9 Å². The molecule has 1 amide bonds. The van der Waals surface area contributed by atoms with E-state index < -0.39 is 10.0 Å². The zero-order valence-corrected chi connectivity index (χ0v) is 17.5. The molecular weight excluding hydrogens is 384 g/mol. The van der Waals surface area contributed by atoms with Gasteiger partial charge in [0.25, 0.3) is 5.91 Å². The fourth-order valence-corrected chi connectivity index (χ4v) is 5.75. The Balaban J connectivity index is 1.96. The highest BCUT2D eigenvalue weighted by Crippen LogP contribution is 2.34. The van der Waals surface area contributed by atoms with Crippen LogP contribution in [-0.4, -0.2) is 38.9 Å². The Morgan fingerprint density at radius 3 is 2.74 bits per heavy atom. The highest BCUT2D eigenvalue weighted by Gasteiger charge is 2.30. The lowest BCUT2D eigenvalue weighted by molar-refractivity contribution is 0.0679. The predicted molar refractivity (Wildman–Crippen MR) is 106 cm³/mol. The fraction of sp³-hybridized carbons (Fsp3) is 0.421. The number of nitrogens with zero attached hydrogens (tertiary/aromatic N) is 1. The third kappa shape index (κ3) is 3.88. The van der Waals surface area contributed by atoms with Crippen LogP contribution in [0.4, 0.5) is 0 Å². The number of sulfonamides is 1. The van der Waals surface area contributed by atoms with Crippen LogP contribution >= 0.6 is 11.3 Å². The number of carbonyl (C=O) groups is 1. The van der Waals surface area contributed by atoms with Crippen molar-refractivity contribution in [3.8, 4) is 5.75 Å². The van der Waals surface area contributed by atoms with Gasteiger partial charge in [-0.3, -0.25) is 4.79 Å². The van der Waals surface area contributed by atoms with E-state index in [-0.39, 0.29) is 28.6 Å². The number of fused-ring (bicyclic) bond motifs is 1. The molecule has 0 bridgehead atoms. The van der Waals surface area contributed by atoms with Crippen molar-refractivity contribution in [3.05, 3.63) is 45.6 Å². The summed E-state index contributed by atoms with van der Waals surface area (Å²) in [7, 11) is -2.37. The van der Waals surface area contributed by atoms with E-state index in [2.05, 4.69) is 10.8 Å². The highest BCUT2D eigenvalue weighted by atomic mass is 32.2. The van der Waals surface area contributed by atoms with Crippen LogP contribution in [0, 0.1) is 0 Å². The first-order chi connectivity index (χ1) is 12.7. The highest BCUT2D eigenvalue weighted by molar-refractivity contribution is 7.89. The van der Waals surface area contributed by atoms with Crippen LogP contribution in [0.1, 0.15) is 47.6 Å². The number of rotatable bonds is 5. The number of amides is 1. The lowest BCUT2D eigenvalue weighted by Crippen LogP contribution is -2.38. The third-order valence-corrected chi connectivity index (χ3v) is 7.31. The SMILES string of the molecule is COc1ccc(C(=O)N2CCc3sccc3C2C)cc1S(=O)(=O)NC(C)C. The summed E-state index contributed by atoms with van der Waals surface area (Å²) in [4.78, 5) is 16.2. The molecule has 6 nitrogen and oxygen atoms in total. The Kier molecular flexibility index (Phi) is 5.60. The average Bonchev–Trinajstić information content (AvgIpc) is 3.09. The van der Waals surface area contributed by atoms with Crippen LogP contribution in [-0.2, 0) is 16.4 Å². The van der Waals surface area contributed by atoms with Gasteiger partial charge in [0.15, 0.2) is 0 Å². The molecule has 146 valence electrons. The number of ether oxygens (including phenoxy) is 1. The topological polar surface area (TPSA) is 75.7 Å². The van der Waals surface area contributed by atoms with E-state index in [9.17, 15) is 13.2 Å². The summed E-state index contributed by atoms with van der Waals surface area (Å²) in [6.07, 6.45) is 0.819. The van der Waals surface area contributed by atoms with E-state index in [4.69, 9.17) is 4.74 Å². The van der Waals surface area contributed by atoms with Crippen LogP contribution in [0.15, 0.2) is 34.5 Å². The lowest BCUT2D eigenvalue weighted by Gasteiger charge is -2.33. The summed E-state index contributed by atoms with van der Waals surface area (Å²) in [5.41, 5.74) is 1.51. The van der Waals surface area contributed by atoms with Gasteiger partial charge in [0.1, 0.15) is 10.6 Å². The number of methoxy groups -OCH3 is 1. The number of carbonyl (C=O) groups excluding carboxylic acids is 1. The van der Waals surface area contributed by atoms with E-state index in [1.165, 1.54) is 29.7 Å². The quantitative estimate of drug-likeness (QED) is 0.824. The van der Waals surface area contributed by atoms with Crippen molar-refractivity contribution in [1.82, 2.24) is 9.62 Å². The number of hydrogen-bond donors (Lipinski definition) is 1. The smallest absolute Gasteiger partial charge is 0.254 e. The van der Waals surface area contributed by atoms with Gasteiger partial charge in [0.05, 0.1) is 13.2 Å². The van der Waals surface area contributed by atoms with Crippen molar-refractivity contribution in [2.24, 2.45) is 0 Å². The van der Waals surface area contributed by atoms with Crippen LogP contribution in [0.25, 0.3) is 0 Å². The second-order valence-corrected chi connectivity index (χ2v) is 9.55. The van der Waals surface area contributed by atoms with E-state index >= 15 is 0 Å². The van der Waals surface area contributed by atoms with Gasteiger partial charge in [-0.25, -0.2) is 13.1 Å². The Morgan fingerprint density at radius 1 is 1.33 bits per heavy atom. The minimum Gasteiger partial charge on any atom is -0.495 e. The van der Waals surface area contributed by atoms with Gasteiger partial charge < -0.3 is 9.64 Å². The maximum Gasteiger partial charge on any atom is 0.254 e. The molecule has 3 rings (SSSR count). The molecule has 2 heterocycles. The predicted octanol–water partition coefficient (Wildman–Crippen LogP) is 3.20. The first-order valence-corrected chi connectivity index (χ1v) is 11.2. The first kappa shape index (κ1) is 19.9. The summed E-state index contributed by atoms with van der Waals surface area (Å²) in [6.45, 7) is 6.11. The van der Waals surface area contributed by atoms with Crippen molar-refractivity contribution in [2.75, 3.05) is 13.7 Å². The molecule has 0 saturated heterocycles. The average molecular weight is 409 g/mol. The van der Waals surface area contributed by atoms with Crippen LogP contribution < -0.4 is 9.46 Å². The molecule has 0 saturated carbocycles. The molecule has 0 spiro atoms. The maximum atomic E-state index is 13.1. The van der Waals surface area contributed by atoms with Gasteiger partial charge in [-0.15, -0.1) is 11.3 Å².